The van der Waals surface area contributed by atoms with E-state index >= 15 is 0 Å². The molecule has 0 aliphatic carbocycles. The van der Waals surface area contributed by atoms with Crippen LogP contribution in [0.2, 0.25) is 10.0 Å². The van der Waals surface area contributed by atoms with E-state index in [2.05, 4.69) is 16.0 Å². The van der Waals surface area contributed by atoms with Crippen LogP contribution in [-0.4, -0.2) is 52.7 Å². The molecule has 2 aromatic carbocycles. The predicted molar refractivity (Wildman–Crippen MR) is 142 cm³/mol. The third kappa shape index (κ3) is 5.35. The zero-order valence-corrected chi connectivity index (χ0v) is 23.0. The van der Waals surface area contributed by atoms with Gasteiger partial charge in [-0.05, 0) is 47.2 Å². The molecule has 12 heteroatoms. The third-order valence-electron chi connectivity index (χ3n) is 7.29. The smallest absolute Gasteiger partial charge is 0.332 e. The Morgan fingerprint density at radius 3 is 2.41 bits per heavy atom. The van der Waals surface area contributed by atoms with Crippen LogP contribution in [0.5, 0.6) is 0 Å². The van der Waals surface area contributed by atoms with Gasteiger partial charge in [-0.25, -0.2) is 13.6 Å². The van der Waals surface area contributed by atoms with Crippen molar-refractivity contribution >= 4 is 46.7 Å². The minimum Gasteiger partial charge on any atom is -0.479 e. The number of anilines is 1. The molecule has 1 spiro atoms. The number of hydrogen-bond acceptors (Lipinski definition) is 5. The summed E-state index contributed by atoms with van der Waals surface area (Å²) in [7, 11) is 0. The molecule has 210 valence electrons. The van der Waals surface area contributed by atoms with Crippen molar-refractivity contribution in [2.45, 2.75) is 63.1 Å². The molecule has 2 aliphatic rings. The van der Waals surface area contributed by atoms with E-state index in [4.69, 9.17) is 28.3 Å². The van der Waals surface area contributed by atoms with Gasteiger partial charge >= 0.3 is 5.97 Å². The van der Waals surface area contributed by atoms with Crippen molar-refractivity contribution in [1.82, 2.24) is 10.6 Å². The number of nitrogens with one attached hydrogen (secondary N) is 3. The third-order valence-corrected chi connectivity index (χ3v) is 7.87. The second-order valence-corrected chi connectivity index (χ2v) is 12.0. The molecule has 5 atom stereocenters. The Balaban J connectivity index is 1.88. The van der Waals surface area contributed by atoms with Crippen molar-refractivity contribution in [3.05, 3.63) is 63.1 Å². The summed E-state index contributed by atoms with van der Waals surface area (Å²) < 4.78 is 29.1. The van der Waals surface area contributed by atoms with Crippen molar-refractivity contribution in [3.8, 4) is 0 Å². The Bertz CT molecular complexity index is 1340. The van der Waals surface area contributed by atoms with Gasteiger partial charge in [-0.2, -0.15) is 0 Å². The van der Waals surface area contributed by atoms with Gasteiger partial charge in [0.05, 0.1) is 16.1 Å². The fraction of sp³-hybridized carbons (Fsp3) is 0.444. The summed E-state index contributed by atoms with van der Waals surface area (Å²) in [5.74, 6) is -4.90. The molecule has 0 radical (unpaired) electrons. The van der Waals surface area contributed by atoms with Gasteiger partial charge in [0.15, 0.2) is 6.10 Å². The van der Waals surface area contributed by atoms with E-state index in [9.17, 15) is 28.3 Å². The van der Waals surface area contributed by atoms with E-state index < -0.39 is 58.9 Å². The van der Waals surface area contributed by atoms with Crippen molar-refractivity contribution in [3.63, 3.8) is 0 Å². The fourth-order valence-corrected chi connectivity index (χ4v) is 6.06. The molecular weight excluding hydrogens is 555 g/mol. The van der Waals surface area contributed by atoms with Crippen LogP contribution >= 0.6 is 23.2 Å². The SMILES string of the molecule is CC(C)(C)CC1NC(C(=O)NCCC(O)C(=O)O)C(c2ccc(F)c(Cl)c2)C12C(=O)Nc1cc(Cl)c(F)cc12. The van der Waals surface area contributed by atoms with Crippen molar-refractivity contribution in [1.29, 1.82) is 0 Å². The summed E-state index contributed by atoms with van der Waals surface area (Å²) in [5.41, 5.74) is -0.887. The van der Waals surface area contributed by atoms with Crippen LogP contribution in [-0.2, 0) is 19.8 Å². The van der Waals surface area contributed by atoms with Crippen LogP contribution in [0, 0.1) is 17.0 Å². The number of amides is 2. The lowest BCUT2D eigenvalue weighted by Gasteiger charge is -2.37. The predicted octanol–water partition coefficient (Wildman–Crippen LogP) is 3.97. The first-order chi connectivity index (χ1) is 18.2. The van der Waals surface area contributed by atoms with Gasteiger partial charge in [0.1, 0.15) is 17.0 Å². The van der Waals surface area contributed by atoms with Gasteiger partial charge in [0, 0.05) is 30.6 Å². The van der Waals surface area contributed by atoms with E-state index in [-0.39, 0.29) is 28.4 Å². The minimum atomic E-state index is -1.67. The minimum absolute atomic E-state index is 0.161. The summed E-state index contributed by atoms with van der Waals surface area (Å²) in [5, 5.41) is 26.9. The summed E-state index contributed by atoms with van der Waals surface area (Å²) in [6.45, 7) is 5.72. The number of aliphatic hydroxyl groups is 1. The molecule has 39 heavy (non-hydrogen) atoms. The Labute approximate surface area is 234 Å². The molecule has 0 aromatic heterocycles. The van der Waals surface area contributed by atoms with Crippen molar-refractivity contribution < 1.29 is 33.4 Å². The Morgan fingerprint density at radius 2 is 1.79 bits per heavy atom. The molecule has 4 rings (SSSR count). The summed E-state index contributed by atoms with van der Waals surface area (Å²) in [6, 6.07) is 4.65. The molecule has 2 aliphatic heterocycles. The molecule has 8 nitrogen and oxygen atoms in total. The normalized spacial score (nSPS) is 24.9. The lowest BCUT2D eigenvalue weighted by atomic mass is 9.62. The highest BCUT2D eigenvalue weighted by Crippen LogP contribution is 2.57. The van der Waals surface area contributed by atoms with Crippen LogP contribution in [0.15, 0.2) is 30.3 Å². The summed E-state index contributed by atoms with van der Waals surface area (Å²) in [4.78, 5) is 38.6. The van der Waals surface area contributed by atoms with E-state index in [1.807, 2.05) is 20.8 Å². The molecule has 5 N–H and O–H groups in total. The van der Waals surface area contributed by atoms with Crippen LogP contribution in [0.4, 0.5) is 14.5 Å². The van der Waals surface area contributed by atoms with E-state index in [0.29, 0.717) is 23.2 Å². The Hall–Kier alpha value is -2.79. The Kier molecular flexibility index (Phi) is 7.97. The first-order valence-electron chi connectivity index (χ1n) is 12.4. The summed E-state index contributed by atoms with van der Waals surface area (Å²) >= 11 is 12.2. The van der Waals surface area contributed by atoms with Crippen LogP contribution < -0.4 is 16.0 Å². The topological polar surface area (TPSA) is 128 Å². The van der Waals surface area contributed by atoms with Gasteiger partial charge in [0.25, 0.3) is 0 Å². The number of carboxylic acids is 1. The molecular formula is C27H29Cl2F2N3O5. The molecule has 0 bridgehead atoms. The number of aliphatic hydroxyl groups excluding tert-OH is 1. The van der Waals surface area contributed by atoms with Gasteiger partial charge < -0.3 is 26.2 Å². The molecule has 2 amide bonds. The molecule has 2 heterocycles. The number of halogens is 4. The maximum absolute atomic E-state index is 14.9. The summed E-state index contributed by atoms with van der Waals surface area (Å²) in [6.07, 6.45) is -1.53. The first kappa shape index (κ1) is 29.2. The molecule has 1 saturated heterocycles. The average Bonchev–Trinajstić information content (AvgIpc) is 3.30. The monoisotopic (exact) mass is 583 g/mol. The zero-order chi connectivity index (χ0) is 28.9. The number of aliphatic carboxylic acids is 1. The highest BCUT2D eigenvalue weighted by atomic mass is 35.5. The van der Waals surface area contributed by atoms with Crippen LogP contribution in [0.3, 0.4) is 0 Å². The van der Waals surface area contributed by atoms with Gasteiger partial charge in [-0.15, -0.1) is 0 Å². The fourth-order valence-electron chi connectivity index (χ4n) is 5.71. The first-order valence-corrected chi connectivity index (χ1v) is 13.1. The van der Waals surface area contributed by atoms with Crippen LogP contribution in [0.1, 0.15) is 50.7 Å². The Morgan fingerprint density at radius 1 is 1.13 bits per heavy atom. The van der Waals surface area contributed by atoms with E-state index in [1.165, 1.54) is 24.3 Å². The molecule has 2 aromatic rings. The number of carboxylic acid groups (broad SMARTS) is 1. The molecule has 1 fully saturated rings. The maximum atomic E-state index is 14.9. The van der Waals surface area contributed by atoms with Crippen LogP contribution in [0.25, 0.3) is 0 Å². The highest BCUT2D eigenvalue weighted by molar-refractivity contribution is 6.31. The average molecular weight is 584 g/mol. The van der Waals surface area contributed by atoms with Crippen molar-refractivity contribution in [2.75, 3.05) is 11.9 Å². The number of benzene rings is 2. The van der Waals surface area contributed by atoms with Gasteiger partial charge in [-0.3, -0.25) is 9.59 Å². The van der Waals surface area contributed by atoms with Crippen molar-refractivity contribution in [2.24, 2.45) is 5.41 Å². The number of carbonyl (C=O) groups is 3. The molecule has 5 unspecified atom stereocenters. The number of fused-ring (bicyclic) bond motifs is 2. The maximum Gasteiger partial charge on any atom is 0.332 e. The standard InChI is InChI=1S/C27H29Cl2F2N3O5/c1-26(2,3)11-20-27(13-9-17(31)15(29)10-18(13)33-25(27)39)21(12-4-5-16(30)14(28)8-12)22(34-20)23(36)32-7-6-19(35)24(37)38/h4-5,8-10,19-22,34-35H,6-7,11H2,1-3H3,(H,32,36)(H,33,39)(H,37,38). The second kappa shape index (κ2) is 10.6. The van der Waals surface area contributed by atoms with Gasteiger partial charge in [0.2, 0.25) is 11.8 Å². The zero-order valence-electron chi connectivity index (χ0n) is 21.4. The second-order valence-electron chi connectivity index (χ2n) is 11.2. The number of hydrogen-bond donors (Lipinski definition) is 5. The number of rotatable bonds is 7. The van der Waals surface area contributed by atoms with E-state index in [1.54, 1.807) is 0 Å². The highest BCUT2D eigenvalue weighted by Gasteiger charge is 2.65. The number of carbonyl (C=O) groups excluding carboxylic acids is 2. The van der Waals surface area contributed by atoms with Gasteiger partial charge in [-0.1, -0.05) is 50.0 Å². The van der Waals surface area contributed by atoms with E-state index in [0.717, 1.165) is 6.07 Å². The lowest BCUT2D eigenvalue weighted by molar-refractivity contribution is -0.147. The molecule has 0 saturated carbocycles. The quantitative estimate of drug-likeness (QED) is 0.335. The lowest BCUT2D eigenvalue weighted by Crippen LogP contribution is -2.49. The largest absolute Gasteiger partial charge is 0.479 e.